The molecule has 82 valence electrons. The van der Waals surface area contributed by atoms with E-state index in [0.717, 1.165) is 4.90 Å². The fraction of sp³-hybridized carbons (Fsp3) is 0.500. The smallest absolute Gasteiger partial charge is 0.0852 e. The first kappa shape index (κ1) is 11.0. The molecule has 2 rings (SSSR count). The number of benzene rings is 1. The first-order valence-corrected chi connectivity index (χ1v) is 6.06. The van der Waals surface area contributed by atoms with Gasteiger partial charge in [0.05, 0.1) is 19.3 Å². The van der Waals surface area contributed by atoms with Crippen molar-refractivity contribution in [3.05, 3.63) is 29.8 Å². The van der Waals surface area contributed by atoms with Gasteiger partial charge in [-0.25, -0.2) is 0 Å². The summed E-state index contributed by atoms with van der Waals surface area (Å²) in [6.45, 7) is 3.46. The highest BCUT2D eigenvalue weighted by atomic mass is 32.2. The highest BCUT2D eigenvalue weighted by Crippen LogP contribution is 2.23. The van der Waals surface area contributed by atoms with Gasteiger partial charge in [0.15, 0.2) is 0 Å². The minimum atomic E-state index is 0.526. The van der Waals surface area contributed by atoms with Crippen LogP contribution in [0.1, 0.15) is 18.4 Å². The van der Waals surface area contributed by atoms with E-state index in [4.69, 9.17) is 8.92 Å². The third-order valence-electron chi connectivity index (χ3n) is 2.22. The molecule has 0 aromatic heterocycles. The lowest BCUT2D eigenvalue weighted by Crippen LogP contribution is -2.01. The molecule has 0 aliphatic heterocycles. The van der Waals surface area contributed by atoms with Gasteiger partial charge in [0.1, 0.15) is 0 Å². The third kappa shape index (κ3) is 4.24. The van der Waals surface area contributed by atoms with Gasteiger partial charge in [0.2, 0.25) is 0 Å². The summed E-state index contributed by atoms with van der Waals surface area (Å²) in [7, 11) is 0. The van der Waals surface area contributed by atoms with E-state index >= 15 is 0 Å². The zero-order valence-corrected chi connectivity index (χ0v) is 9.76. The zero-order chi connectivity index (χ0) is 10.5. The summed E-state index contributed by atoms with van der Waals surface area (Å²) in [4.78, 5) is 1.15. The lowest BCUT2D eigenvalue weighted by atomic mass is 10.2. The van der Waals surface area contributed by atoms with Crippen LogP contribution >= 0.6 is 12.0 Å². The van der Waals surface area contributed by atoms with Gasteiger partial charge in [-0.05, 0) is 31.9 Å². The summed E-state index contributed by atoms with van der Waals surface area (Å²) in [6, 6.07) is 8.32. The number of hydrogen-bond donors (Lipinski definition) is 0. The van der Waals surface area contributed by atoms with Crippen molar-refractivity contribution in [1.82, 2.24) is 0 Å². The maximum Gasteiger partial charge on any atom is 0.0852 e. The second kappa shape index (κ2) is 5.54. The van der Waals surface area contributed by atoms with E-state index in [1.54, 1.807) is 0 Å². The van der Waals surface area contributed by atoms with Gasteiger partial charge in [-0.3, -0.25) is 0 Å². The van der Waals surface area contributed by atoms with Crippen LogP contribution in [0.4, 0.5) is 0 Å². The molecule has 2 nitrogen and oxygen atoms in total. The monoisotopic (exact) mass is 224 g/mol. The highest BCUT2D eigenvalue weighted by molar-refractivity contribution is 7.94. The van der Waals surface area contributed by atoms with Crippen molar-refractivity contribution in [1.29, 1.82) is 0 Å². The average Bonchev–Trinajstić information content (AvgIpc) is 3.04. The third-order valence-corrected chi connectivity index (χ3v) is 2.97. The number of rotatable bonds is 6. The van der Waals surface area contributed by atoms with E-state index < -0.39 is 0 Å². The molecule has 0 unspecified atom stereocenters. The minimum absolute atomic E-state index is 0.526. The lowest BCUT2D eigenvalue weighted by molar-refractivity contribution is 0.0942. The van der Waals surface area contributed by atoms with Crippen molar-refractivity contribution in [3.8, 4) is 0 Å². The molecule has 0 heterocycles. The Bertz CT molecular complexity index is 293. The van der Waals surface area contributed by atoms with E-state index in [-0.39, 0.29) is 0 Å². The summed E-state index contributed by atoms with van der Waals surface area (Å²) in [5.74, 6) is 0. The van der Waals surface area contributed by atoms with E-state index in [0.29, 0.717) is 19.3 Å². The number of ether oxygens (including phenoxy) is 1. The normalized spacial score (nSPS) is 15.5. The van der Waals surface area contributed by atoms with Gasteiger partial charge in [-0.2, -0.15) is 0 Å². The fourth-order valence-corrected chi connectivity index (χ4v) is 1.72. The van der Waals surface area contributed by atoms with E-state index in [2.05, 4.69) is 31.2 Å². The van der Waals surface area contributed by atoms with Crippen molar-refractivity contribution >= 4 is 12.0 Å². The van der Waals surface area contributed by atoms with Crippen LogP contribution < -0.4 is 0 Å². The Kier molecular flexibility index (Phi) is 4.06. The summed E-state index contributed by atoms with van der Waals surface area (Å²) in [5, 5.41) is 0. The Morgan fingerprint density at radius 1 is 1.20 bits per heavy atom. The molecule has 0 saturated heterocycles. The topological polar surface area (TPSA) is 18.5 Å². The Morgan fingerprint density at radius 3 is 2.60 bits per heavy atom. The molecule has 0 amide bonds. The fourth-order valence-electron chi connectivity index (χ4n) is 1.19. The van der Waals surface area contributed by atoms with Crippen LogP contribution in [0.5, 0.6) is 0 Å². The van der Waals surface area contributed by atoms with E-state index in [9.17, 15) is 0 Å². The molecule has 1 aliphatic carbocycles. The van der Waals surface area contributed by atoms with Crippen molar-refractivity contribution in [2.24, 2.45) is 0 Å². The van der Waals surface area contributed by atoms with Crippen LogP contribution in [0.3, 0.4) is 0 Å². The van der Waals surface area contributed by atoms with Crippen LogP contribution in [-0.2, 0) is 8.92 Å². The molecule has 0 atom stereocenters. The molecule has 0 radical (unpaired) electrons. The van der Waals surface area contributed by atoms with Crippen LogP contribution in [0.25, 0.3) is 0 Å². The first-order valence-electron chi connectivity index (χ1n) is 5.32. The van der Waals surface area contributed by atoms with Crippen molar-refractivity contribution < 1.29 is 8.92 Å². The minimum Gasteiger partial charge on any atom is -0.376 e. The van der Waals surface area contributed by atoms with Gasteiger partial charge >= 0.3 is 0 Å². The van der Waals surface area contributed by atoms with Gasteiger partial charge in [-0.1, -0.05) is 17.7 Å². The van der Waals surface area contributed by atoms with Gasteiger partial charge in [0.25, 0.3) is 0 Å². The molecular weight excluding hydrogens is 208 g/mol. The molecule has 15 heavy (non-hydrogen) atoms. The van der Waals surface area contributed by atoms with Gasteiger partial charge in [0, 0.05) is 16.9 Å². The quantitative estimate of drug-likeness (QED) is 0.546. The maximum absolute atomic E-state index is 5.47. The largest absolute Gasteiger partial charge is 0.376 e. The molecule has 0 bridgehead atoms. The van der Waals surface area contributed by atoms with E-state index in [1.807, 2.05) is 0 Å². The summed E-state index contributed by atoms with van der Waals surface area (Å²) < 4.78 is 10.9. The predicted octanol–water partition coefficient (Wildman–Crippen LogP) is 3.20. The summed E-state index contributed by atoms with van der Waals surface area (Å²) in [5.41, 5.74) is 1.27. The Labute approximate surface area is 95.2 Å². The zero-order valence-electron chi connectivity index (χ0n) is 8.94. The molecule has 1 fully saturated rings. The molecular formula is C12H16O2S. The second-order valence-corrected chi connectivity index (χ2v) is 4.66. The predicted molar refractivity (Wildman–Crippen MR) is 62.0 cm³/mol. The van der Waals surface area contributed by atoms with Gasteiger partial charge in [-0.15, -0.1) is 0 Å². The molecule has 0 N–H and O–H groups in total. The van der Waals surface area contributed by atoms with Crippen LogP contribution in [0.2, 0.25) is 0 Å². The summed E-state index contributed by atoms with van der Waals surface area (Å²) in [6.07, 6.45) is 2.98. The van der Waals surface area contributed by atoms with Crippen LogP contribution in [-0.4, -0.2) is 19.3 Å². The number of aryl methyl sites for hydroxylation is 1. The maximum atomic E-state index is 5.47. The van der Waals surface area contributed by atoms with Crippen molar-refractivity contribution in [3.63, 3.8) is 0 Å². The first-order chi connectivity index (χ1) is 7.34. The van der Waals surface area contributed by atoms with Crippen molar-refractivity contribution in [2.75, 3.05) is 13.2 Å². The standard InChI is InChI=1S/C12H16O2S/c1-10-2-6-12(7-3-10)15-14-9-8-13-11-4-5-11/h2-3,6-7,11H,4-5,8-9H2,1H3. The molecule has 1 aromatic rings. The van der Waals surface area contributed by atoms with E-state index in [1.165, 1.54) is 30.4 Å². The lowest BCUT2D eigenvalue weighted by Gasteiger charge is -2.03. The van der Waals surface area contributed by atoms with Crippen molar-refractivity contribution in [2.45, 2.75) is 30.8 Å². The average molecular weight is 224 g/mol. The highest BCUT2D eigenvalue weighted by Gasteiger charge is 2.21. The van der Waals surface area contributed by atoms with Crippen LogP contribution in [0, 0.1) is 6.92 Å². The molecule has 1 aliphatic rings. The molecule has 1 saturated carbocycles. The van der Waals surface area contributed by atoms with Gasteiger partial charge < -0.3 is 8.92 Å². The molecule has 0 spiro atoms. The SMILES string of the molecule is Cc1ccc(SOCCOC2CC2)cc1. The Morgan fingerprint density at radius 2 is 1.93 bits per heavy atom. The van der Waals surface area contributed by atoms with Crippen LogP contribution in [0.15, 0.2) is 29.2 Å². The molecule has 1 aromatic carbocycles. The number of hydrogen-bond acceptors (Lipinski definition) is 3. The second-order valence-electron chi connectivity index (χ2n) is 3.79. The Balaban J connectivity index is 1.58. The molecule has 3 heteroatoms. The Hall–Kier alpha value is -0.510. The summed E-state index contributed by atoms with van der Waals surface area (Å²) >= 11 is 1.42.